The fraction of sp³-hybridized carbons (Fsp3) is 0.545. The normalized spacial score (nSPS) is 11.4. The lowest BCUT2D eigenvalue weighted by molar-refractivity contribution is -0.385. The smallest absolute Gasteiger partial charge is 0.419 e. The van der Waals surface area contributed by atoms with Crippen LogP contribution in [0.15, 0.2) is 10.7 Å². The fourth-order valence-electron chi connectivity index (χ4n) is 1.42. The van der Waals surface area contributed by atoms with Gasteiger partial charge in [-0.1, -0.05) is 6.92 Å². The second-order valence-corrected chi connectivity index (χ2v) is 5.49. The van der Waals surface area contributed by atoms with Gasteiger partial charge in [0.25, 0.3) is 0 Å². The van der Waals surface area contributed by atoms with Gasteiger partial charge in [-0.25, -0.2) is 9.36 Å². The van der Waals surface area contributed by atoms with Gasteiger partial charge in [0.1, 0.15) is 5.60 Å². The van der Waals surface area contributed by atoms with Crippen LogP contribution in [0.25, 0.3) is 0 Å². The molecule has 0 aromatic carbocycles. The number of aromatic nitrogens is 1. The largest absolute Gasteiger partial charge is 0.443 e. The van der Waals surface area contributed by atoms with Crippen LogP contribution in [0.1, 0.15) is 33.4 Å². The Bertz CT molecular complexity index is 488. The zero-order valence-electron chi connectivity index (χ0n) is 10.7. The van der Waals surface area contributed by atoms with Gasteiger partial charge >= 0.3 is 11.8 Å². The Morgan fingerprint density at radius 3 is 2.50 bits per heavy atom. The Morgan fingerprint density at radius 1 is 1.56 bits per heavy atom. The van der Waals surface area contributed by atoms with E-state index < -0.39 is 16.6 Å². The Kier molecular flexibility index (Phi) is 4.16. The Morgan fingerprint density at radius 2 is 2.11 bits per heavy atom. The van der Waals surface area contributed by atoms with E-state index in [1.54, 1.807) is 20.8 Å². The molecule has 0 fully saturated rings. The van der Waals surface area contributed by atoms with Gasteiger partial charge in [-0.2, -0.15) is 0 Å². The molecule has 7 heteroatoms. The molecular weight excluding hydrogens is 304 g/mol. The molecule has 0 saturated heterocycles. The topological polar surface area (TPSA) is 74.4 Å². The van der Waals surface area contributed by atoms with Crippen molar-refractivity contribution >= 4 is 27.7 Å². The highest BCUT2D eigenvalue weighted by Gasteiger charge is 2.27. The van der Waals surface area contributed by atoms with Crippen molar-refractivity contribution in [2.24, 2.45) is 0 Å². The summed E-state index contributed by atoms with van der Waals surface area (Å²) in [5.74, 6) is 0. The first-order valence-electron chi connectivity index (χ1n) is 5.45. The summed E-state index contributed by atoms with van der Waals surface area (Å²) >= 11 is 3.07. The highest BCUT2D eigenvalue weighted by Crippen LogP contribution is 2.30. The number of ether oxygens (including phenoxy) is 1. The predicted octanol–water partition coefficient (Wildman–Crippen LogP) is 3.50. The maximum absolute atomic E-state index is 12.0. The van der Waals surface area contributed by atoms with E-state index in [9.17, 15) is 14.9 Å². The molecule has 0 bridgehead atoms. The van der Waals surface area contributed by atoms with Crippen molar-refractivity contribution in [3.8, 4) is 0 Å². The maximum Gasteiger partial charge on any atom is 0.419 e. The molecule has 0 aliphatic heterocycles. The molecule has 0 amide bonds. The van der Waals surface area contributed by atoms with E-state index in [0.717, 1.165) is 0 Å². The van der Waals surface area contributed by atoms with Crippen LogP contribution in [0.2, 0.25) is 0 Å². The second kappa shape index (κ2) is 5.09. The molecule has 0 atom stereocenters. The van der Waals surface area contributed by atoms with Gasteiger partial charge in [-0.05, 0) is 43.1 Å². The van der Waals surface area contributed by atoms with E-state index >= 15 is 0 Å². The summed E-state index contributed by atoms with van der Waals surface area (Å²) in [6, 6.07) is 1.37. The molecule has 100 valence electrons. The molecule has 0 aliphatic carbocycles. The van der Waals surface area contributed by atoms with Crippen molar-refractivity contribution in [1.82, 2.24) is 4.57 Å². The summed E-state index contributed by atoms with van der Waals surface area (Å²) in [5, 5.41) is 10.8. The molecule has 18 heavy (non-hydrogen) atoms. The molecule has 0 radical (unpaired) electrons. The number of nitro groups is 1. The number of hydrogen-bond donors (Lipinski definition) is 0. The van der Waals surface area contributed by atoms with Gasteiger partial charge in [-0.3, -0.25) is 10.1 Å². The Hall–Kier alpha value is -1.37. The predicted molar refractivity (Wildman–Crippen MR) is 69.8 cm³/mol. The van der Waals surface area contributed by atoms with E-state index in [0.29, 0.717) is 12.1 Å². The van der Waals surface area contributed by atoms with Crippen LogP contribution in [0.3, 0.4) is 0 Å². The summed E-state index contributed by atoms with van der Waals surface area (Å²) in [5.41, 5.74) is -0.263. The molecule has 6 nitrogen and oxygen atoms in total. The van der Waals surface area contributed by atoms with Crippen LogP contribution in [-0.2, 0) is 11.2 Å². The van der Waals surface area contributed by atoms with Gasteiger partial charge in [0, 0.05) is 11.8 Å². The fourth-order valence-corrected chi connectivity index (χ4v) is 2.05. The first kappa shape index (κ1) is 14.7. The number of carbonyl (C=O) groups is 1. The summed E-state index contributed by atoms with van der Waals surface area (Å²) in [6.07, 6.45) is -0.134. The maximum atomic E-state index is 12.0. The third-order valence-corrected chi connectivity index (χ3v) is 2.89. The lowest BCUT2D eigenvalue weighted by Crippen LogP contribution is -2.28. The second-order valence-electron chi connectivity index (χ2n) is 4.74. The van der Waals surface area contributed by atoms with Crippen molar-refractivity contribution in [1.29, 1.82) is 0 Å². The number of aryl methyl sites for hydroxylation is 1. The highest BCUT2D eigenvalue weighted by molar-refractivity contribution is 9.10. The number of hydrogen-bond acceptors (Lipinski definition) is 4. The van der Waals surface area contributed by atoms with Crippen molar-refractivity contribution in [2.75, 3.05) is 0 Å². The first-order valence-corrected chi connectivity index (χ1v) is 6.24. The molecule has 1 rings (SSSR count). The number of halogens is 1. The minimum Gasteiger partial charge on any atom is -0.443 e. The standard InChI is InChI=1S/C11H15BrN2O4/c1-5-7-6-8(14(16)17)9(12)13(7)10(15)18-11(2,3)4/h6H,5H2,1-4H3. The van der Waals surface area contributed by atoms with Crippen LogP contribution in [0.5, 0.6) is 0 Å². The quantitative estimate of drug-likeness (QED) is 0.617. The van der Waals surface area contributed by atoms with Crippen LogP contribution >= 0.6 is 15.9 Å². The van der Waals surface area contributed by atoms with Gasteiger partial charge in [0.15, 0.2) is 4.60 Å². The molecule has 0 N–H and O–H groups in total. The summed E-state index contributed by atoms with van der Waals surface area (Å²) < 4.78 is 6.51. The molecule has 1 aromatic heterocycles. The molecule has 1 heterocycles. The monoisotopic (exact) mass is 318 g/mol. The van der Waals surface area contributed by atoms with E-state index in [1.807, 2.05) is 6.92 Å². The summed E-state index contributed by atoms with van der Waals surface area (Å²) in [7, 11) is 0. The number of carbonyl (C=O) groups excluding carboxylic acids is 1. The molecular formula is C11H15BrN2O4. The minimum absolute atomic E-state index is 0.110. The van der Waals surface area contributed by atoms with Crippen molar-refractivity contribution in [3.63, 3.8) is 0 Å². The lowest BCUT2D eigenvalue weighted by Gasteiger charge is -2.20. The summed E-state index contributed by atoms with van der Waals surface area (Å²) in [6.45, 7) is 7.03. The van der Waals surface area contributed by atoms with Crippen LogP contribution in [-0.4, -0.2) is 21.2 Å². The van der Waals surface area contributed by atoms with Gasteiger partial charge < -0.3 is 4.74 Å². The minimum atomic E-state index is -0.652. The van der Waals surface area contributed by atoms with Crippen molar-refractivity contribution in [2.45, 2.75) is 39.7 Å². The third-order valence-electron chi connectivity index (χ3n) is 2.13. The summed E-state index contributed by atoms with van der Waals surface area (Å²) in [4.78, 5) is 22.3. The molecule has 0 spiro atoms. The van der Waals surface area contributed by atoms with E-state index in [-0.39, 0.29) is 10.3 Å². The molecule has 1 aromatic rings. The van der Waals surface area contributed by atoms with Crippen LogP contribution in [0.4, 0.5) is 10.5 Å². The lowest BCUT2D eigenvalue weighted by atomic mass is 10.2. The molecule has 0 unspecified atom stereocenters. The van der Waals surface area contributed by atoms with E-state index in [1.165, 1.54) is 10.6 Å². The first-order chi connectivity index (χ1) is 8.17. The highest BCUT2D eigenvalue weighted by atomic mass is 79.9. The SMILES string of the molecule is CCc1cc([N+](=O)[O-])c(Br)n1C(=O)OC(C)(C)C. The Balaban J connectivity index is 3.23. The average Bonchev–Trinajstić information content (AvgIpc) is 2.52. The molecule has 0 aliphatic rings. The van der Waals surface area contributed by atoms with Gasteiger partial charge in [-0.15, -0.1) is 0 Å². The van der Waals surface area contributed by atoms with Crippen molar-refractivity contribution < 1.29 is 14.5 Å². The van der Waals surface area contributed by atoms with E-state index in [4.69, 9.17) is 4.74 Å². The Labute approximate surface area is 113 Å². The van der Waals surface area contributed by atoms with Gasteiger partial charge in [0.05, 0.1) is 4.92 Å². The van der Waals surface area contributed by atoms with Crippen LogP contribution in [0, 0.1) is 10.1 Å². The van der Waals surface area contributed by atoms with Gasteiger partial charge in [0.2, 0.25) is 0 Å². The molecule has 0 saturated carbocycles. The zero-order valence-corrected chi connectivity index (χ0v) is 12.3. The van der Waals surface area contributed by atoms with Crippen LogP contribution < -0.4 is 0 Å². The van der Waals surface area contributed by atoms with Crippen molar-refractivity contribution in [3.05, 3.63) is 26.5 Å². The number of nitrogens with zero attached hydrogens (tertiary/aromatic N) is 2. The third kappa shape index (κ3) is 3.10. The average molecular weight is 319 g/mol. The van der Waals surface area contributed by atoms with E-state index in [2.05, 4.69) is 15.9 Å². The zero-order chi connectivity index (χ0) is 14.1. The number of rotatable bonds is 2.